The zero-order valence-corrected chi connectivity index (χ0v) is 13.0. The standard InChI is InChI=1S/C14H16Cl2N4O/c1-21-7-6-9-4-2-3-5-12(9)18-13-10(15)8-11(16)14(19-13)20-17/h2-5,8H,6-7,17H2,1H3,(H2,18,19,20). The summed E-state index contributed by atoms with van der Waals surface area (Å²) in [7, 11) is 1.67. The minimum absolute atomic E-state index is 0.359. The van der Waals surface area contributed by atoms with Gasteiger partial charge in [-0.3, -0.25) is 0 Å². The molecule has 0 aliphatic rings. The maximum absolute atomic E-state index is 6.16. The number of anilines is 3. The SMILES string of the molecule is COCCc1ccccc1Nc1nc(NN)c(Cl)cc1Cl. The highest BCUT2D eigenvalue weighted by Crippen LogP contribution is 2.31. The highest BCUT2D eigenvalue weighted by molar-refractivity contribution is 6.37. The summed E-state index contributed by atoms with van der Waals surface area (Å²) < 4.78 is 5.11. The van der Waals surface area contributed by atoms with E-state index in [1.807, 2.05) is 24.3 Å². The van der Waals surface area contributed by atoms with Crippen molar-refractivity contribution in [1.82, 2.24) is 4.98 Å². The minimum atomic E-state index is 0.359. The van der Waals surface area contributed by atoms with Gasteiger partial charge in [-0.15, -0.1) is 0 Å². The third-order valence-electron chi connectivity index (χ3n) is 2.91. The van der Waals surface area contributed by atoms with Gasteiger partial charge in [0.15, 0.2) is 11.6 Å². The van der Waals surface area contributed by atoms with Crippen LogP contribution in [-0.4, -0.2) is 18.7 Å². The van der Waals surface area contributed by atoms with Crippen molar-refractivity contribution in [2.24, 2.45) is 5.84 Å². The second kappa shape index (κ2) is 7.47. The number of aromatic nitrogens is 1. The number of nitrogens with two attached hydrogens (primary N) is 1. The number of nitrogen functional groups attached to an aromatic ring is 1. The molecule has 0 atom stereocenters. The summed E-state index contributed by atoms with van der Waals surface area (Å²) in [5, 5.41) is 3.98. The number of para-hydroxylation sites is 1. The van der Waals surface area contributed by atoms with E-state index in [1.165, 1.54) is 0 Å². The molecule has 21 heavy (non-hydrogen) atoms. The zero-order chi connectivity index (χ0) is 15.2. The zero-order valence-electron chi connectivity index (χ0n) is 11.5. The van der Waals surface area contributed by atoms with Crippen LogP contribution < -0.4 is 16.6 Å². The van der Waals surface area contributed by atoms with E-state index >= 15 is 0 Å². The highest BCUT2D eigenvalue weighted by atomic mass is 35.5. The van der Waals surface area contributed by atoms with Gasteiger partial charge >= 0.3 is 0 Å². The number of methoxy groups -OCH3 is 1. The van der Waals surface area contributed by atoms with Gasteiger partial charge < -0.3 is 15.5 Å². The Kier molecular flexibility index (Phi) is 5.64. The molecule has 0 spiro atoms. The summed E-state index contributed by atoms with van der Waals surface area (Å²) in [4.78, 5) is 4.26. The first kappa shape index (κ1) is 15.9. The lowest BCUT2D eigenvalue weighted by Crippen LogP contribution is -2.10. The van der Waals surface area contributed by atoms with E-state index in [-0.39, 0.29) is 0 Å². The number of nitrogens with zero attached hydrogens (tertiary/aromatic N) is 1. The van der Waals surface area contributed by atoms with Crippen LogP contribution in [0.2, 0.25) is 10.0 Å². The van der Waals surface area contributed by atoms with Crippen LogP contribution >= 0.6 is 23.2 Å². The fourth-order valence-corrected chi connectivity index (χ4v) is 2.32. The number of ether oxygens (including phenoxy) is 1. The fourth-order valence-electron chi connectivity index (χ4n) is 1.86. The summed E-state index contributed by atoms with van der Waals surface area (Å²) in [6.45, 7) is 0.635. The Bertz CT molecular complexity index is 622. The first-order valence-electron chi connectivity index (χ1n) is 6.32. The Balaban J connectivity index is 2.30. The molecule has 1 heterocycles. The second-order valence-electron chi connectivity index (χ2n) is 4.32. The van der Waals surface area contributed by atoms with Crippen molar-refractivity contribution in [3.63, 3.8) is 0 Å². The molecule has 0 saturated heterocycles. The number of benzene rings is 1. The maximum atomic E-state index is 6.16. The topological polar surface area (TPSA) is 72.2 Å². The summed E-state index contributed by atoms with van der Waals surface area (Å²) in [6.07, 6.45) is 0.785. The maximum Gasteiger partial charge on any atom is 0.161 e. The average Bonchev–Trinajstić information content (AvgIpc) is 2.49. The van der Waals surface area contributed by atoms with Crippen molar-refractivity contribution >= 4 is 40.5 Å². The lowest BCUT2D eigenvalue weighted by Gasteiger charge is -2.14. The van der Waals surface area contributed by atoms with Crippen molar-refractivity contribution in [3.05, 3.63) is 45.9 Å². The molecule has 0 radical (unpaired) electrons. The normalized spacial score (nSPS) is 10.5. The van der Waals surface area contributed by atoms with E-state index in [0.717, 1.165) is 17.7 Å². The van der Waals surface area contributed by atoms with Gasteiger partial charge in [0.1, 0.15) is 0 Å². The van der Waals surface area contributed by atoms with E-state index in [1.54, 1.807) is 13.2 Å². The summed E-state index contributed by atoms with van der Waals surface area (Å²) in [5.41, 5.74) is 4.45. The molecule has 1 aromatic heterocycles. The number of pyridine rings is 1. The van der Waals surface area contributed by atoms with Gasteiger partial charge in [0, 0.05) is 12.8 Å². The summed E-state index contributed by atoms with van der Waals surface area (Å²) >= 11 is 12.1. The molecule has 0 saturated carbocycles. The number of hydrogen-bond acceptors (Lipinski definition) is 5. The molecule has 0 amide bonds. The van der Waals surface area contributed by atoms with Crippen molar-refractivity contribution in [1.29, 1.82) is 0 Å². The van der Waals surface area contributed by atoms with Crippen molar-refractivity contribution in [2.45, 2.75) is 6.42 Å². The number of halogens is 2. The summed E-state index contributed by atoms with van der Waals surface area (Å²) in [5.74, 6) is 6.22. The van der Waals surface area contributed by atoms with Crippen LogP contribution in [0, 0.1) is 0 Å². The molecule has 0 fully saturated rings. The molecule has 0 aliphatic carbocycles. The Labute approximate surface area is 133 Å². The molecule has 112 valence electrons. The predicted molar refractivity (Wildman–Crippen MR) is 87.4 cm³/mol. The molecule has 7 heteroatoms. The third kappa shape index (κ3) is 3.98. The molecule has 0 aliphatic heterocycles. The number of hydrazine groups is 1. The molecule has 2 aromatic rings. The first-order valence-corrected chi connectivity index (χ1v) is 7.07. The summed E-state index contributed by atoms with van der Waals surface area (Å²) in [6, 6.07) is 9.47. The van der Waals surface area contributed by atoms with Gasteiger partial charge in [0.2, 0.25) is 0 Å². The first-order chi connectivity index (χ1) is 10.2. The van der Waals surface area contributed by atoms with Gasteiger partial charge in [-0.05, 0) is 24.1 Å². The van der Waals surface area contributed by atoms with Crippen molar-refractivity contribution < 1.29 is 4.74 Å². The van der Waals surface area contributed by atoms with Crippen LogP contribution in [0.1, 0.15) is 5.56 Å². The number of rotatable bonds is 6. The molecule has 2 rings (SSSR count). The van der Waals surface area contributed by atoms with Gasteiger partial charge in [-0.25, -0.2) is 10.8 Å². The minimum Gasteiger partial charge on any atom is -0.384 e. The lowest BCUT2D eigenvalue weighted by molar-refractivity contribution is 0.202. The molecule has 1 aromatic carbocycles. The van der Waals surface area contributed by atoms with Crippen LogP contribution in [0.3, 0.4) is 0 Å². The monoisotopic (exact) mass is 326 g/mol. The van der Waals surface area contributed by atoms with E-state index < -0.39 is 0 Å². The lowest BCUT2D eigenvalue weighted by atomic mass is 10.1. The Morgan fingerprint density at radius 2 is 1.90 bits per heavy atom. The van der Waals surface area contributed by atoms with Crippen LogP contribution in [-0.2, 0) is 11.2 Å². The van der Waals surface area contributed by atoms with Crippen LogP contribution in [0.25, 0.3) is 0 Å². The molecule has 5 nitrogen and oxygen atoms in total. The van der Waals surface area contributed by atoms with Crippen molar-refractivity contribution in [2.75, 3.05) is 24.5 Å². The highest BCUT2D eigenvalue weighted by Gasteiger charge is 2.10. The molecule has 0 bridgehead atoms. The molecular weight excluding hydrogens is 311 g/mol. The van der Waals surface area contributed by atoms with E-state index in [9.17, 15) is 0 Å². The van der Waals surface area contributed by atoms with Crippen molar-refractivity contribution in [3.8, 4) is 0 Å². The Morgan fingerprint density at radius 1 is 1.19 bits per heavy atom. The second-order valence-corrected chi connectivity index (χ2v) is 5.13. The Morgan fingerprint density at radius 3 is 2.62 bits per heavy atom. The van der Waals surface area contributed by atoms with Gasteiger partial charge in [-0.1, -0.05) is 41.4 Å². The predicted octanol–water partition coefficient (Wildman–Crippen LogP) is 3.61. The van der Waals surface area contributed by atoms with E-state index in [2.05, 4.69) is 15.7 Å². The molecule has 4 N–H and O–H groups in total. The van der Waals surface area contributed by atoms with Crippen LogP contribution in [0.4, 0.5) is 17.3 Å². The third-order valence-corrected chi connectivity index (χ3v) is 3.49. The number of hydrogen-bond donors (Lipinski definition) is 3. The van der Waals surface area contributed by atoms with Gasteiger partial charge in [0.25, 0.3) is 0 Å². The number of nitrogens with one attached hydrogen (secondary N) is 2. The largest absolute Gasteiger partial charge is 0.384 e. The average molecular weight is 327 g/mol. The van der Waals surface area contributed by atoms with Crippen LogP contribution in [0.15, 0.2) is 30.3 Å². The van der Waals surface area contributed by atoms with Crippen LogP contribution in [0.5, 0.6) is 0 Å². The molecule has 0 unspecified atom stereocenters. The quantitative estimate of drug-likeness (QED) is 0.558. The van der Waals surface area contributed by atoms with E-state index in [4.69, 9.17) is 33.8 Å². The smallest absolute Gasteiger partial charge is 0.161 e. The van der Waals surface area contributed by atoms with Gasteiger partial charge in [-0.2, -0.15) is 0 Å². The fraction of sp³-hybridized carbons (Fsp3) is 0.214. The van der Waals surface area contributed by atoms with E-state index in [0.29, 0.717) is 28.3 Å². The molecular formula is C14H16Cl2N4O. The van der Waals surface area contributed by atoms with Gasteiger partial charge in [0.05, 0.1) is 16.7 Å². The Hall–Kier alpha value is -1.53.